The monoisotopic (exact) mass is 362 g/mol. The van der Waals surface area contributed by atoms with Gasteiger partial charge in [-0.25, -0.2) is 8.42 Å². The van der Waals surface area contributed by atoms with E-state index in [2.05, 4.69) is 15.9 Å². The first-order valence-corrected chi connectivity index (χ1v) is 8.48. The summed E-state index contributed by atoms with van der Waals surface area (Å²) in [5.74, 6) is -0.213. The van der Waals surface area contributed by atoms with Gasteiger partial charge in [0.25, 0.3) is 0 Å². The van der Waals surface area contributed by atoms with Gasteiger partial charge in [0.2, 0.25) is 15.9 Å². The highest BCUT2D eigenvalue weighted by atomic mass is 79.9. The third-order valence-electron chi connectivity index (χ3n) is 2.86. The van der Waals surface area contributed by atoms with Gasteiger partial charge in [-0.05, 0) is 30.7 Å². The van der Waals surface area contributed by atoms with Crippen LogP contribution >= 0.6 is 15.9 Å². The van der Waals surface area contributed by atoms with Crippen molar-refractivity contribution in [3.8, 4) is 0 Å². The summed E-state index contributed by atoms with van der Waals surface area (Å²) in [5, 5.41) is 0. The maximum atomic E-state index is 12.3. The lowest BCUT2D eigenvalue weighted by molar-refractivity contribution is -0.129. The van der Waals surface area contributed by atoms with Crippen LogP contribution in [-0.4, -0.2) is 50.7 Å². The van der Waals surface area contributed by atoms with Crippen LogP contribution in [0.3, 0.4) is 0 Å². The van der Waals surface area contributed by atoms with Crippen molar-refractivity contribution in [1.82, 2.24) is 9.21 Å². The van der Waals surface area contributed by atoms with Crippen molar-refractivity contribution >= 4 is 31.9 Å². The van der Waals surface area contributed by atoms with Gasteiger partial charge in [0.1, 0.15) is 0 Å². The number of carbonyl (C=O) groups excluding carboxylic acids is 1. The second-order valence-electron chi connectivity index (χ2n) is 4.53. The number of hydrogen-bond acceptors (Lipinski definition) is 3. The molecule has 20 heavy (non-hydrogen) atoms. The van der Waals surface area contributed by atoms with Gasteiger partial charge in [0.05, 0.1) is 11.4 Å². The van der Waals surface area contributed by atoms with E-state index in [4.69, 9.17) is 0 Å². The van der Waals surface area contributed by atoms with Crippen LogP contribution in [-0.2, 0) is 14.8 Å². The van der Waals surface area contributed by atoms with Crippen molar-refractivity contribution in [2.75, 3.05) is 27.2 Å². The highest BCUT2D eigenvalue weighted by Gasteiger charge is 2.23. The topological polar surface area (TPSA) is 57.7 Å². The van der Waals surface area contributed by atoms with Gasteiger partial charge in [-0.3, -0.25) is 4.79 Å². The third kappa shape index (κ3) is 4.29. The summed E-state index contributed by atoms with van der Waals surface area (Å²) < 4.78 is 26.5. The third-order valence-corrected chi connectivity index (χ3v) is 5.21. The van der Waals surface area contributed by atoms with Crippen molar-refractivity contribution < 1.29 is 13.2 Å². The molecule has 0 saturated heterocycles. The van der Waals surface area contributed by atoms with E-state index in [0.717, 1.165) is 15.2 Å². The molecule has 0 aliphatic carbocycles. The highest BCUT2D eigenvalue weighted by Crippen LogP contribution is 2.17. The Balaban J connectivity index is 2.82. The number of benzene rings is 1. The zero-order valence-corrected chi connectivity index (χ0v) is 14.2. The van der Waals surface area contributed by atoms with Crippen molar-refractivity contribution in [2.24, 2.45) is 0 Å². The maximum Gasteiger partial charge on any atom is 0.243 e. The van der Waals surface area contributed by atoms with E-state index >= 15 is 0 Å². The van der Waals surface area contributed by atoms with Gasteiger partial charge < -0.3 is 4.90 Å². The lowest BCUT2D eigenvalue weighted by atomic mass is 10.4. The van der Waals surface area contributed by atoms with E-state index in [9.17, 15) is 13.2 Å². The summed E-state index contributed by atoms with van der Waals surface area (Å²) in [6.07, 6.45) is 0.839. The molecule has 0 saturated carbocycles. The van der Waals surface area contributed by atoms with Crippen LogP contribution in [0.5, 0.6) is 0 Å². The molecule has 0 bridgehead atoms. The fraction of sp³-hybridized carbons (Fsp3) is 0.462. The normalized spacial score (nSPS) is 11.7. The number of carbonyl (C=O) groups is 1. The van der Waals surface area contributed by atoms with E-state index in [0.29, 0.717) is 6.54 Å². The molecule has 1 amide bonds. The van der Waals surface area contributed by atoms with Crippen LogP contribution in [0.15, 0.2) is 33.6 Å². The summed E-state index contributed by atoms with van der Waals surface area (Å²) in [4.78, 5) is 13.6. The molecule has 1 aromatic carbocycles. The summed E-state index contributed by atoms with van der Waals surface area (Å²) in [6, 6.07) is 6.34. The Hall–Kier alpha value is -0.920. The second-order valence-corrected chi connectivity index (χ2v) is 7.49. The van der Waals surface area contributed by atoms with E-state index in [1.165, 1.54) is 24.1 Å². The summed E-state index contributed by atoms with van der Waals surface area (Å²) >= 11 is 3.26. The zero-order valence-electron chi connectivity index (χ0n) is 11.8. The van der Waals surface area contributed by atoms with Gasteiger partial charge >= 0.3 is 0 Å². The van der Waals surface area contributed by atoms with Gasteiger partial charge in [0, 0.05) is 25.1 Å². The minimum Gasteiger partial charge on any atom is -0.345 e. The van der Waals surface area contributed by atoms with Gasteiger partial charge in [-0.15, -0.1) is 0 Å². The molecule has 0 atom stereocenters. The Kier molecular flexibility index (Phi) is 6.16. The molecule has 0 radical (unpaired) electrons. The minimum absolute atomic E-state index is 0.158. The molecule has 0 fully saturated rings. The van der Waals surface area contributed by atoms with Crippen molar-refractivity contribution in [2.45, 2.75) is 18.2 Å². The molecule has 0 heterocycles. The molecule has 0 spiro atoms. The van der Waals surface area contributed by atoms with E-state index in [-0.39, 0.29) is 17.3 Å². The van der Waals surface area contributed by atoms with Gasteiger partial charge in [-0.2, -0.15) is 4.31 Å². The largest absolute Gasteiger partial charge is 0.345 e. The Morgan fingerprint density at radius 2 is 1.75 bits per heavy atom. The Morgan fingerprint density at radius 1 is 1.20 bits per heavy atom. The zero-order chi connectivity index (χ0) is 15.3. The van der Waals surface area contributed by atoms with E-state index < -0.39 is 10.0 Å². The molecule has 0 N–H and O–H groups in total. The number of rotatable bonds is 6. The fourth-order valence-electron chi connectivity index (χ4n) is 1.64. The van der Waals surface area contributed by atoms with Crippen LogP contribution in [0.25, 0.3) is 0 Å². The van der Waals surface area contributed by atoms with Crippen molar-refractivity contribution in [1.29, 1.82) is 0 Å². The Bertz CT molecular complexity index is 557. The predicted octanol–water partition coefficient (Wildman–Crippen LogP) is 1.94. The Labute approximate surface area is 128 Å². The number of sulfonamides is 1. The molecule has 5 nitrogen and oxygen atoms in total. The van der Waals surface area contributed by atoms with Crippen LogP contribution in [0.4, 0.5) is 0 Å². The highest BCUT2D eigenvalue weighted by molar-refractivity contribution is 9.10. The lowest BCUT2D eigenvalue weighted by Gasteiger charge is -2.21. The maximum absolute atomic E-state index is 12.3. The number of likely N-dealkylation sites (N-methyl/N-ethyl adjacent to an activating group) is 2. The van der Waals surface area contributed by atoms with Crippen molar-refractivity contribution in [3.63, 3.8) is 0 Å². The van der Waals surface area contributed by atoms with Crippen LogP contribution in [0, 0.1) is 0 Å². The molecule has 1 rings (SSSR count). The molecular formula is C13H19BrN2O3S. The Morgan fingerprint density at radius 3 is 2.25 bits per heavy atom. The first kappa shape index (κ1) is 17.1. The molecular weight excluding hydrogens is 344 g/mol. The van der Waals surface area contributed by atoms with Crippen LogP contribution in [0.2, 0.25) is 0 Å². The van der Waals surface area contributed by atoms with Crippen molar-refractivity contribution in [3.05, 3.63) is 28.7 Å². The molecule has 0 aromatic heterocycles. The lowest BCUT2D eigenvalue weighted by Crippen LogP contribution is -2.39. The average Bonchev–Trinajstić information content (AvgIpc) is 2.39. The van der Waals surface area contributed by atoms with E-state index in [1.807, 2.05) is 6.92 Å². The molecule has 7 heteroatoms. The van der Waals surface area contributed by atoms with Gasteiger partial charge in [-0.1, -0.05) is 22.9 Å². The molecule has 1 aromatic rings. The van der Waals surface area contributed by atoms with E-state index in [1.54, 1.807) is 19.2 Å². The molecule has 112 valence electrons. The fourth-order valence-corrected chi connectivity index (χ4v) is 3.03. The van der Waals surface area contributed by atoms with Gasteiger partial charge in [0.15, 0.2) is 0 Å². The number of halogens is 1. The smallest absolute Gasteiger partial charge is 0.243 e. The molecule has 0 unspecified atom stereocenters. The summed E-state index contributed by atoms with van der Waals surface area (Å²) in [5.41, 5.74) is 0. The quantitative estimate of drug-likeness (QED) is 0.776. The predicted molar refractivity (Wildman–Crippen MR) is 81.9 cm³/mol. The SMILES string of the molecule is CCCN(C)C(=O)CN(C)S(=O)(=O)c1ccc(Br)cc1. The summed E-state index contributed by atoms with van der Waals surface area (Å²) in [7, 11) is -0.550. The summed E-state index contributed by atoms with van der Waals surface area (Å²) in [6.45, 7) is 2.42. The van der Waals surface area contributed by atoms with Crippen LogP contribution in [0.1, 0.15) is 13.3 Å². The average molecular weight is 363 g/mol. The first-order chi connectivity index (χ1) is 9.28. The minimum atomic E-state index is -3.63. The van der Waals surface area contributed by atoms with Crippen LogP contribution < -0.4 is 0 Å². The molecule has 0 aliphatic rings. The number of nitrogens with zero attached hydrogens (tertiary/aromatic N) is 2. The molecule has 0 aliphatic heterocycles. The number of amides is 1. The number of hydrogen-bond donors (Lipinski definition) is 0. The second kappa shape index (κ2) is 7.19. The first-order valence-electron chi connectivity index (χ1n) is 6.25. The standard InChI is InChI=1S/C13H19BrN2O3S/c1-4-9-15(2)13(17)10-16(3)20(18,19)12-7-5-11(14)6-8-12/h5-8H,4,9-10H2,1-3H3.